The molecule has 126 valence electrons. The quantitative estimate of drug-likeness (QED) is 0.794. The third kappa shape index (κ3) is 4.84. The smallest absolute Gasteiger partial charge is 0.342 e. The van der Waals surface area contributed by atoms with Crippen molar-refractivity contribution >= 4 is 11.9 Å². The molecule has 0 radical (unpaired) electrons. The summed E-state index contributed by atoms with van der Waals surface area (Å²) in [5, 5.41) is 2.77. The lowest BCUT2D eigenvalue weighted by molar-refractivity contribution is -0.124. The van der Waals surface area contributed by atoms with Crippen LogP contribution < -0.4 is 10.1 Å². The van der Waals surface area contributed by atoms with Crippen LogP contribution in [0.5, 0.6) is 5.75 Å². The minimum atomic E-state index is -0.585. The topological polar surface area (TPSA) is 64.6 Å². The van der Waals surface area contributed by atoms with Gasteiger partial charge in [-0.1, -0.05) is 49.4 Å². The molecule has 0 fully saturated rings. The Bertz CT molecular complexity index is 685. The van der Waals surface area contributed by atoms with E-state index in [1.807, 2.05) is 37.3 Å². The maximum Gasteiger partial charge on any atom is 0.342 e. The van der Waals surface area contributed by atoms with Gasteiger partial charge in [0.05, 0.1) is 7.11 Å². The minimum Gasteiger partial charge on any atom is -0.496 e. The van der Waals surface area contributed by atoms with Gasteiger partial charge >= 0.3 is 5.97 Å². The molecule has 2 rings (SSSR count). The summed E-state index contributed by atoms with van der Waals surface area (Å²) in [4.78, 5) is 23.9. The number of rotatable bonds is 7. The Morgan fingerprint density at radius 3 is 2.42 bits per heavy atom. The van der Waals surface area contributed by atoms with Gasteiger partial charge < -0.3 is 14.8 Å². The van der Waals surface area contributed by atoms with Crippen molar-refractivity contribution in [2.24, 2.45) is 0 Å². The van der Waals surface area contributed by atoms with Crippen LogP contribution in [0, 0.1) is 0 Å². The fraction of sp³-hybridized carbons (Fsp3) is 0.263. The molecule has 5 nitrogen and oxygen atoms in total. The number of carbonyl (C=O) groups is 2. The molecule has 0 saturated carbocycles. The first-order chi connectivity index (χ1) is 11.6. The summed E-state index contributed by atoms with van der Waals surface area (Å²) in [7, 11) is 1.48. The molecule has 1 amide bonds. The maximum atomic E-state index is 12.0. The Kier molecular flexibility index (Phi) is 6.37. The Balaban J connectivity index is 1.80. The van der Waals surface area contributed by atoms with E-state index in [9.17, 15) is 9.59 Å². The molecule has 2 aromatic rings. The van der Waals surface area contributed by atoms with E-state index in [4.69, 9.17) is 9.47 Å². The molecule has 5 heteroatoms. The van der Waals surface area contributed by atoms with Gasteiger partial charge in [0, 0.05) is 6.54 Å². The number of ether oxygens (including phenoxy) is 2. The average Bonchev–Trinajstić information content (AvgIpc) is 2.64. The van der Waals surface area contributed by atoms with Crippen molar-refractivity contribution in [1.82, 2.24) is 5.32 Å². The number of benzene rings is 2. The number of esters is 1. The number of hydrogen-bond donors (Lipinski definition) is 1. The molecule has 1 atom stereocenters. The van der Waals surface area contributed by atoms with E-state index in [2.05, 4.69) is 5.32 Å². The molecule has 24 heavy (non-hydrogen) atoms. The largest absolute Gasteiger partial charge is 0.496 e. The Labute approximate surface area is 141 Å². The molecule has 0 aliphatic carbocycles. The van der Waals surface area contributed by atoms with Gasteiger partial charge in [0.25, 0.3) is 5.91 Å². The number of hydrogen-bond acceptors (Lipinski definition) is 4. The molecule has 0 bridgehead atoms. The molecule has 1 N–H and O–H groups in total. The zero-order valence-electron chi connectivity index (χ0n) is 13.8. The lowest BCUT2D eigenvalue weighted by Gasteiger charge is -2.13. The van der Waals surface area contributed by atoms with E-state index in [1.54, 1.807) is 24.3 Å². The molecule has 0 aromatic heterocycles. The zero-order valence-corrected chi connectivity index (χ0v) is 13.8. The summed E-state index contributed by atoms with van der Waals surface area (Å²) in [6, 6.07) is 16.6. The summed E-state index contributed by atoms with van der Waals surface area (Å²) in [6.07, 6.45) is 0. The van der Waals surface area contributed by atoms with Gasteiger partial charge in [-0.2, -0.15) is 0 Å². The van der Waals surface area contributed by atoms with Crippen molar-refractivity contribution in [3.63, 3.8) is 0 Å². The highest BCUT2D eigenvalue weighted by Gasteiger charge is 2.15. The van der Waals surface area contributed by atoms with E-state index < -0.39 is 5.97 Å². The first-order valence-corrected chi connectivity index (χ1v) is 7.73. The molecule has 0 unspecified atom stereocenters. The predicted octanol–water partition coefficient (Wildman–Crippen LogP) is 2.77. The number of methoxy groups -OCH3 is 1. The second-order valence-corrected chi connectivity index (χ2v) is 5.39. The Morgan fingerprint density at radius 2 is 1.71 bits per heavy atom. The summed E-state index contributed by atoms with van der Waals surface area (Å²) < 4.78 is 10.1. The van der Waals surface area contributed by atoms with Crippen molar-refractivity contribution in [1.29, 1.82) is 0 Å². The van der Waals surface area contributed by atoms with Crippen LogP contribution in [-0.2, 0) is 9.53 Å². The zero-order chi connectivity index (χ0) is 17.4. The standard InChI is InChI=1S/C19H21NO4/c1-14(15-8-4-3-5-9-15)12-20-18(21)13-24-19(22)16-10-6-7-11-17(16)23-2/h3-11,14H,12-13H2,1-2H3,(H,20,21)/t14-/m1/s1. The lowest BCUT2D eigenvalue weighted by Crippen LogP contribution is -2.31. The van der Waals surface area contributed by atoms with Gasteiger partial charge in [-0.15, -0.1) is 0 Å². The molecular weight excluding hydrogens is 306 g/mol. The van der Waals surface area contributed by atoms with Crippen LogP contribution in [0.15, 0.2) is 54.6 Å². The van der Waals surface area contributed by atoms with Crippen LogP contribution in [0.2, 0.25) is 0 Å². The number of carbonyl (C=O) groups excluding carboxylic acids is 2. The highest BCUT2D eigenvalue weighted by atomic mass is 16.5. The monoisotopic (exact) mass is 327 g/mol. The van der Waals surface area contributed by atoms with Crippen LogP contribution in [-0.4, -0.2) is 32.1 Å². The fourth-order valence-corrected chi connectivity index (χ4v) is 2.24. The lowest BCUT2D eigenvalue weighted by atomic mass is 10.0. The van der Waals surface area contributed by atoms with Crippen LogP contribution in [0.3, 0.4) is 0 Å². The second kappa shape index (κ2) is 8.72. The van der Waals surface area contributed by atoms with Crippen molar-refractivity contribution in [3.05, 3.63) is 65.7 Å². The van der Waals surface area contributed by atoms with Gasteiger partial charge in [0.1, 0.15) is 11.3 Å². The fourth-order valence-electron chi connectivity index (χ4n) is 2.24. The van der Waals surface area contributed by atoms with Gasteiger partial charge in [-0.3, -0.25) is 4.79 Å². The van der Waals surface area contributed by atoms with Gasteiger partial charge in [0.2, 0.25) is 0 Å². The molecule has 0 aliphatic rings. The summed E-state index contributed by atoms with van der Waals surface area (Å²) >= 11 is 0. The summed E-state index contributed by atoms with van der Waals surface area (Å²) in [5.74, 6) is -0.319. The first-order valence-electron chi connectivity index (χ1n) is 7.73. The van der Waals surface area contributed by atoms with Gasteiger partial charge in [0.15, 0.2) is 6.61 Å². The third-order valence-corrected chi connectivity index (χ3v) is 3.64. The van der Waals surface area contributed by atoms with E-state index >= 15 is 0 Å². The average molecular weight is 327 g/mol. The Morgan fingerprint density at radius 1 is 1.04 bits per heavy atom. The summed E-state index contributed by atoms with van der Waals surface area (Å²) in [6.45, 7) is 2.18. The molecular formula is C19H21NO4. The number of para-hydroxylation sites is 1. The predicted molar refractivity (Wildman–Crippen MR) is 91.1 cm³/mol. The second-order valence-electron chi connectivity index (χ2n) is 5.39. The highest BCUT2D eigenvalue weighted by Crippen LogP contribution is 2.18. The highest BCUT2D eigenvalue weighted by molar-refractivity contribution is 5.93. The van der Waals surface area contributed by atoms with E-state index in [0.717, 1.165) is 5.56 Å². The number of amides is 1. The van der Waals surface area contributed by atoms with Crippen molar-refractivity contribution in [2.75, 3.05) is 20.3 Å². The van der Waals surface area contributed by atoms with Crippen molar-refractivity contribution in [2.45, 2.75) is 12.8 Å². The molecule has 0 heterocycles. The number of nitrogens with one attached hydrogen (secondary N) is 1. The van der Waals surface area contributed by atoms with Gasteiger partial charge in [-0.05, 0) is 23.6 Å². The third-order valence-electron chi connectivity index (χ3n) is 3.64. The molecule has 0 aliphatic heterocycles. The SMILES string of the molecule is COc1ccccc1C(=O)OCC(=O)NC[C@@H](C)c1ccccc1. The Hall–Kier alpha value is -2.82. The minimum absolute atomic E-state index is 0.181. The molecule has 2 aromatic carbocycles. The maximum absolute atomic E-state index is 12.0. The summed E-state index contributed by atoms with van der Waals surface area (Å²) in [5.41, 5.74) is 1.44. The van der Waals surface area contributed by atoms with Crippen LogP contribution >= 0.6 is 0 Å². The van der Waals surface area contributed by atoms with Gasteiger partial charge in [-0.25, -0.2) is 4.79 Å². The van der Waals surface area contributed by atoms with Crippen molar-refractivity contribution < 1.29 is 19.1 Å². The molecule has 0 spiro atoms. The van der Waals surface area contributed by atoms with Crippen LogP contribution in [0.1, 0.15) is 28.8 Å². The van der Waals surface area contributed by atoms with Crippen LogP contribution in [0.4, 0.5) is 0 Å². The van der Waals surface area contributed by atoms with E-state index in [1.165, 1.54) is 7.11 Å². The van der Waals surface area contributed by atoms with E-state index in [-0.39, 0.29) is 18.4 Å². The normalized spacial score (nSPS) is 11.4. The van der Waals surface area contributed by atoms with Crippen molar-refractivity contribution in [3.8, 4) is 5.75 Å². The first kappa shape index (κ1) is 17.5. The van der Waals surface area contributed by atoms with E-state index in [0.29, 0.717) is 17.9 Å². The molecule has 0 saturated heterocycles. The van der Waals surface area contributed by atoms with Crippen LogP contribution in [0.25, 0.3) is 0 Å².